The van der Waals surface area contributed by atoms with E-state index in [0.717, 1.165) is 31.2 Å². The van der Waals surface area contributed by atoms with Crippen molar-refractivity contribution in [1.82, 2.24) is 4.90 Å². The molecule has 1 unspecified atom stereocenters. The number of carbonyl (C=O) groups is 1. The zero-order chi connectivity index (χ0) is 28.8. The zero-order valence-electron chi connectivity index (χ0n) is 24.2. The zero-order valence-corrected chi connectivity index (χ0v) is 24.2. The first-order valence-electron chi connectivity index (χ1n) is 14.9. The van der Waals surface area contributed by atoms with E-state index in [0.29, 0.717) is 11.8 Å². The van der Waals surface area contributed by atoms with Gasteiger partial charge in [0.05, 0.1) is 0 Å². The molecule has 1 atom stereocenters. The largest absolute Gasteiger partial charge is 0.445 e. The molecule has 39 heavy (non-hydrogen) atoms. The number of unbranched alkanes of at least 4 members (excludes halogenated alkanes) is 6. The van der Waals surface area contributed by atoms with Crippen LogP contribution in [0.15, 0.2) is 30.3 Å². The van der Waals surface area contributed by atoms with Gasteiger partial charge < -0.3 is 14.4 Å². The van der Waals surface area contributed by atoms with Gasteiger partial charge in [-0.15, -0.1) is 0 Å². The molecule has 1 aliphatic heterocycles. The topological polar surface area (TPSA) is 38.8 Å². The summed E-state index contributed by atoms with van der Waals surface area (Å²) < 4.78 is 67.1. The molecule has 0 aromatic heterocycles. The fraction of sp³-hybridized carbons (Fsp3) is 0.774. The standard InChI is InChI=1S/C31H49F4NO3/c1-4-29(5-2,6-3)19-15-10-8-7-9-11-16-24-38-27(31(33,34)35)30(32)20-22-36(23-21-30)28(37)39-25-26-17-13-12-14-18-26/h12-14,17-18,27H,4-11,15-16,19-25H2,1-3H3. The van der Waals surface area contributed by atoms with Crippen LogP contribution in [0, 0.1) is 5.41 Å². The van der Waals surface area contributed by atoms with Crippen LogP contribution < -0.4 is 0 Å². The third kappa shape index (κ3) is 10.9. The lowest BCUT2D eigenvalue weighted by Crippen LogP contribution is -2.56. The van der Waals surface area contributed by atoms with Gasteiger partial charge in [0.1, 0.15) is 12.3 Å². The maximum absolute atomic E-state index is 15.5. The minimum atomic E-state index is -4.81. The quantitative estimate of drug-likeness (QED) is 0.141. The molecule has 1 aromatic rings. The highest BCUT2D eigenvalue weighted by molar-refractivity contribution is 5.67. The number of amides is 1. The van der Waals surface area contributed by atoms with Gasteiger partial charge in [-0.2, -0.15) is 13.2 Å². The number of halogens is 4. The molecule has 0 spiro atoms. The molecular formula is C31H49F4NO3. The third-order valence-electron chi connectivity index (χ3n) is 8.71. The minimum Gasteiger partial charge on any atom is -0.445 e. The summed E-state index contributed by atoms with van der Waals surface area (Å²) >= 11 is 0. The van der Waals surface area contributed by atoms with E-state index in [4.69, 9.17) is 9.47 Å². The van der Waals surface area contributed by atoms with Gasteiger partial charge in [-0.3, -0.25) is 0 Å². The normalized spacial score (nSPS) is 16.7. The van der Waals surface area contributed by atoms with Crippen molar-refractivity contribution in [3.8, 4) is 0 Å². The van der Waals surface area contributed by atoms with Crippen LogP contribution in [-0.4, -0.2) is 48.6 Å². The second kappa shape index (κ2) is 16.4. The van der Waals surface area contributed by atoms with Gasteiger partial charge in [0.15, 0.2) is 6.10 Å². The Morgan fingerprint density at radius 3 is 1.97 bits per heavy atom. The lowest BCUT2D eigenvalue weighted by Gasteiger charge is -2.40. The van der Waals surface area contributed by atoms with Crippen molar-refractivity contribution in [2.75, 3.05) is 19.7 Å². The molecular weight excluding hydrogens is 510 g/mol. The van der Waals surface area contributed by atoms with Crippen molar-refractivity contribution in [2.45, 2.75) is 129 Å². The summed E-state index contributed by atoms with van der Waals surface area (Å²) in [6.45, 7) is 6.47. The molecule has 4 nitrogen and oxygen atoms in total. The predicted molar refractivity (Wildman–Crippen MR) is 147 cm³/mol. The van der Waals surface area contributed by atoms with E-state index < -0.39 is 36.9 Å². The average molecular weight is 560 g/mol. The van der Waals surface area contributed by atoms with Crippen LogP contribution in [0.25, 0.3) is 0 Å². The first-order valence-corrected chi connectivity index (χ1v) is 14.9. The first-order chi connectivity index (χ1) is 18.6. The van der Waals surface area contributed by atoms with Gasteiger partial charge in [0.25, 0.3) is 0 Å². The molecule has 1 amide bonds. The van der Waals surface area contributed by atoms with Gasteiger partial charge in [-0.1, -0.05) is 109 Å². The molecule has 0 radical (unpaired) electrons. The summed E-state index contributed by atoms with van der Waals surface area (Å²) in [5.74, 6) is 0. The maximum Gasteiger partial charge on any atom is 0.417 e. The Morgan fingerprint density at radius 2 is 1.44 bits per heavy atom. The van der Waals surface area contributed by atoms with E-state index >= 15 is 4.39 Å². The SMILES string of the molecule is CCC(CC)(CC)CCCCCCCCCOC(C(F)(F)F)C1(F)CCN(C(=O)OCc2ccccc2)CC1. The highest BCUT2D eigenvalue weighted by Crippen LogP contribution is 2.40. The van der Waals surface area contributed by atoms with Gasteiger partial charge in [-0.05, 0) is 23.8 Å². The van der Waals surface area contributed by atoms with Crippen LogP contribution in [0.4, 0.5) is 22.4 Å². The Bertz CT molecular complexity index is 798. The number of hydrogen-bond donors (Lipinski definition) is 0. The second-order valence-electron chi connectivity index (χ2n) is 11.1. The van der Waals surface area contributed by atoms with E-state index in [1.54, 1.807) is 12.1 Å². The van der Waals surface area contributed by atoms with Crippen LogP contribution >= 0.6 is 0 Å². The molecule has 1 heterocycles. The molecule has 0 bridgehead atoms. The van der Waals surface area contributed by atoms with E-state index in [1.165, 1.54) is 43.4 Å². The molecule has 8 heteroatoms. The molecule has 2 rings (SSSR count). The third-order valence-corrected chi connectivity index (χ3v) is 8.71. The lowest BCUT2D eigenvalue weighted by molar-refractivity contribution is -0.263. The van der Waals surface area contributed by atoms with E-state index in [9.17, 15) is 18.0 Å². The fourth-order valence-electron chi connectivity index (χ4n) is 5.64. The Morgan fingerprint density at radius 1 is 0.897 bits per heavy atom. The molecule has 1 fully saturated rings. The van der Waals surface area contributed by atoms with Crippen LogP contribution in [0.3, 0.4) is 0 Å². The summed E-state index contributed by atoms with van der Waals surface area (Å²) in [5, 5.41) is 0. The van der Waals surface area contributed by atoms with Gasteiger partial charge >= 0.3 is 12.3 Å². The fourth-order valence-corrected chi connectivity index (χ4v) is 5.64. The number of alkyl halides is 4. The van der Waals surface area contributed by atoms with Crippen molar-refractivity contribution in [2.24, 2.45) is 5.41 Å². The second-order valence-corrected chi connectivity index (χ2v) is 11.1. The summed E-state index contributed by atoms with van der Waals surface area (Å²) in [7, 11) is 0. The van der Waals surface area contributed by atoms with Gasteiger partial charge in [0.2, 0.25) is 0 Å². The number of piperidine rings is 1. The number of ether oxygens (including phenoxy) is 2. The van der Waals surface area contributed by atoms with Crippen LogP contribution in [0.2, 0.25) is 0 Å². The Balaban J connectivity index is 1.67. The minimum absolute atomic E-state index is 0.0580. The summed E-state index contributed by atoms with van der Waals surface area (Å²) in [4.78, 5) is 13.6. The van der Waals surface area contributed by atoms with E-state index in [1.807, 2.05) is 18.2 Å². The van der Waals surface area contributed by atoms with Crippen molar-refractivity contribution >= 4 is 6.09 Å². The average Bonchev–Trinajstić information content (AvgIpc) is 2.93. The van der Waals surface area contributed by atoms with E-state index in [-0.39, 0.29) is 26.3 Å². The van der Waals surface area contributed by atoms with Crippen molar-refractivity contribution in [3.63, 3.8) is 0 Å². The smallest absolute Gasteiger partial charge is 0.417 e. The summed E-state index contributed by atoms with van der Waals surface area (Å²) in [6.07, 6.45) is 2.92. The maximum atomic E-state index is 15.5. The van der Waals surface area contributed by atoms with Crippen LogP contribution in [-0.2, 0) is 16.1 Å². The summed E-state index contributed by atoms with van der Waals surface area (Å²) in [6, 6.07) is 9.08. The molecule has 0 aliphatic carbocycles. The Hall–Kier alpha value is -1.83. The highest BCUT2D eigenvalue weighted by atomic mass is 19.4. The van der Waals surface area contributed by atoms with Gasteiger partial charge in [0, 0.05) is 32.5 Å². The predicted octanol–water partition coefficient (Wildman–Crippen LogP) is 9.41. The number of nitrogens with zero attached hydrogens (tertiary/aromatic N) is 1. The Kier molecular flexibility index (Phi) is 14.1. The lowest BCUT2D eigenvalue weighted by atomic mass is 9.75. The molecule has 0 saturated carbocycles. The number of benzene rings is 1. The molecule has 0 N–H and O–H groups in total. The van der Waals surface area contributed by atoms with Gasteiger partial charge in [-0.25, -0.2) is 9.18 Å². The molecule has 1 saturated heterocycles. The first kappa shape index (κ1) is 33.4. The van der Waals surface area contributed by atoms with Crippen molar-refractivity contribution in [3.05, 3.63) is 35.9 Å². The number of carbonyl (C=O) groups excluding carboxylic acids is 1. The number of hydrogen-bond acceptors (Lipinski definition) is 3. The van der Waals surface area contributed by atoms with Crippen LogP contribution in [0.5, 0.6) is 0 Å². The molecule has 224 valence electrons. The highest BCUT2D eigenvalue weighted by Gasteiger charge is 2.56. The number of likely N-dealkylation sites (tertiary alicyclic amines) is 1. The molecule has 1 aromatic carbocycles. The van der Waals surface area contributed by atoms with Crippen molar-refractivity contribution in [1.29, 1.82) is 0 Å². The summed E-state index contributed by atoms with van der Waals surface area (Å²) in [5.41, 5.74) is -1.28. The van der Waals surface area contributed by atoms with E-state index in [2.05, 4.69) is 20.8 Å². The molecule has 1 aliphatic rings. The van der Waals surface area contributed by atoms with Crippen LogP contribution in [0.1, 0.15) is 110 Å². The van der Waals surface area contributed by atoms with Crippen molar-refractivity contribution < 1.29 is 31.8 Å². The number of rotatable bonds is 17. The monoisotopic (exact) mass is 559 g/mol. The Labute approximate surface area is 232 Å².